The molecule has 4 heteroatoms. The molecule has 1 aliphatic rings. The van der Waals surface area contributed by atoms with Crippen molar-refractivity contribution in [3.05, 3.63) is 24.1 Å². The summed E-state index contributed by atoms with van der Waals surface area (Å²) in [5.41, 5.74) is 2.93. The summed E-state index contributed by atoms with van der Waals surface area (Å²) in [6.45, 7) is 6.58. The van der Waals surface area contributed by atoms with Crippen LogP contribution in [0.15, 0.2) is 22.6 Å². The summed E-state index contributed by atoms with van der Waals surface area (Å²) < 4.78 is 5.51. The highest BCUT2D eigenvalue weighted by Crippen LogP contribution is 2.25. The summed E-state index contributed by atoms with van der Waals surface area (Å²) in [5.74, 6) is 1.47. The molecule has 0 saturated carbocycles. The Morgan fingerprint density at radius 1 is 1.35 bits per heavy atom. The van der Waals surface area contributed by atoms with E-state index in [9.17, 15) is 0 Å². The Morgan fingerprint density at radius 2 is 2.10 bits per heavy atom. The fraction of sp³-hybridized carbons (Fsp3) is 0.562. The number of aromatic nitrogens is 1. The minimum Gasteiger partial charge on any atom is -0.441 e. The first kappa shape index (κ1) is 13.4. The van der Waals surface area contributed by atoms with E-state index in [2.05, 4.69) is 41.3 Å². The van der Waals surface area contributed by atoms with E-state index >= 15 is 0 Å². The zero-order valence-corrected chi connectivity index (χ0v) is 12.5. The van der Waals surface area contributed by atoms with Crippen LogP contribution in [-0.2, 0) is 0 Å². The third kappa shape index (κ3) is 2.80. The van der Waals surface area contributed by atoms with Crippen LogP contribution >= 0.6 is 0 Å². The minimum atomic E-state index is 0.495. The van der Waals surface area contributed by atoms with Gasteiger partial charge in [-0.1, -0.05) is 0 Å². The average molecular weight is 273 g/mol. The maximum Gasteiger partial charge on any atom is 0.192 e. The van der Waals surface area contributed by atoms with Crippen molar-refractivity contribution in [3.8, 4) is 0 Å². The van der Waals surface area contributed by atoms with E-state index < -0.39 is 0 Å². The predicted octanol–water partition coefficient (Wildman–Crippen LogP) is 3.28. The fourth-order valence-electron chi connectivity index (χ4n) is 3.04. The summed E-state index contributed by atoms with van der Waals surface area (Å²) in [6, 6.07) is 6.66. The number of piperidine rings is 1. The summed E-state index contributed by atoms with van der Waals surface area (Å²) in [6.07, 6.45) is 2.55. The summed E-state index contributed by atoms with van der Waals surface area (Å²) in [4.78, 5) is 6.80. The first-order chi connectivity index (χ1) is 9.61. The summed E-state index contributed by atoms with van der Waals surface area (Å²) >= 11 is 0. The van der Waals surface area contributed by atoms with Crippen molar-refractivity contribution in [2.24, 2.45) is 5.92 Å². The number of fused-ring (bicyclic) bond motifs is 1. The number of likely N-dealkylation sites (tertiary alicyclic amines) is 1. The van der Waals surface area contributed by atoms with E-state index in [4.69, 9.17) is 4.42 Å². The van der Waals surface area contributed by atoms with Crippen molar-refractivity contribution in [3.63, 3.8) is 0 Å². The number of nitrogens with one attached hydrogen (secondary N) is 1. The molecular formula is C16H23N3O. The number of oxazole rings is 1. The van der Waals surface area contributed by atoms with Crippen molar-refractivity contribution >= 4 is 16.8 Å². The lowest BCUT2D eigenvalue weighted by atomic mass is 9.90. The van der Waals surface area contributed by atoms with Crippen molar-refractivity contribution in [1.82, 2.24) is 9.88 Å². The van der Waals surface area contributed by atoms with Gasteiger partial charge in [0.15, 0.2) is 11.5 Å². The molecule has 1 aromatic carbocycles. The third-order valence-corrected chi connectivity index (χ3v) is 4.36. The van der Waals surface area contributed by atoms with E-state index in [1.54, 1.807) is 0 Å². The molecule has 4 nitrogen and oxygen atoms in total. The monoisotopic (exact) mass is 273 g/mol. The third-order valence-electron chi connectivity index (χ3n) is 4.36. The van der Waals surface area contributed by atoms with Gasteiger partial charge in [0.25, 0.3) is 0 Å². The average Bonchev–Trinajstić information content (AvgIpc) is 2.78. The van der Waals surface area contributed by atoms with E-state index in [-0.39, 0.29) is 0 Å². The number of aryl methyl sites for hydroxylation is 1. The molecule has 108 valence electrons. The molecule has 3 rings (SSSR count). The highest BCUT2D eigenvalue weighted by Gasteiger charge is 2.22. The number of hydrogen-bond donors (Lipinski definition) is 1. The molecule has 2 heterocycles. The molecular weight excluding hydrogens is 250 g/mol. The van der Waals surface area contributed by atoms with Crippen LogP contribution in [0.1, 0.15) is 25.7 Å². The van der Waals surface area contributed by atoms with Gasteiger partial charge in [-0.05, 0) is 64.0 Å². The topological polar surface area (TPSA) is 41.3 Å². The number of rotatable bonds is 3. The molecule has 0 aliphatic carbocycles. The maximum absolute atomic E-state index is 5.51. The molecule has 1 aromatic heterocycles. The number of benzene rings is 1. The SMILES string of the molecule is Cc1nc2cc(NC(C)C3CCN(C)CC3)ccc2o1. The van der Waals surface area contributed by atoms with Crippen LogP contribution < -0.4 is 5.32 Å². The Kier molecular flexibility index (Phi) is 3.66. The molecule has 0 radical (unpaired) electrons. The van der Waals surface area contributed by atoms with Gasteiger partial charge in [-0.15, -0.1) is 0 Å². The highest BCUT2D eigenvalue weighted by molar-refractivity contribution is 5.77. The Morgan fingerprint density at radius 3 is 2.85 bits per heavy atom. The fourth-order valence-corrected chi connectivity index (χ4v) is 3.04. The van der Waals surface area contributed by atoms with Gasteiger partial charge in [0, 0.05) is 18.7 Å². The minimum absolute atomic E-state index is 0.495. The van der Waals surface area contributed by atoms with Crippen molar-refractivity contribution in [2.45, 2.75) is 32.7 Å². The first-order valence-electron chi connectivity index (χ1n) is 7.44. The van der Waals surface area contributed by atoms with Gasteiger partial charge in [-0.3, -0.25) is 0 Å². The molecule has 1 aliphatic heterocycles. The molecule has 1 atom stereocenters. The lowest BCUT2D eigenvalue weighted by molar-refractivity contribution is 0.208. The lowest BCUT2D eigenvalue weighted by Gasteiger charge is -2.33. The van der Waals surface area contributed by atoms with E-state index in [1.165, 1.54) is 25.9 Å². The van der Waals surface area contributed by atoms with Gasteiger partial charge in [0.2, 0.25) is 0 Å². The van der Waals surface area contributed by atoms with Crippen LogP contribution in [0.5, 0.6) is 0 Å². The van der Waals surface area contributed by atoms with E-state index in [1.807, 2.05) is 13.0 Å². The first-order valence-corrected chi connectivity index (χ1v) is 7.44. The van der Waals surface area contributed by atoms with Gasteiger partial charge >= 0.3 is 0 Å². The van der Waals surface area contributed by atoms with Crippen molar-refractivity contribution < 1.29 is 4.42 Å². The number of anilines is 1. The van der Waals surface area contributed by atoms with Crippen LogP contribution in [0.3, 0.4) is 0 Å². The van der Waals surface area contributed by atoms with Crippen LogP contribution in [0.2, 0.25) is 0 Å². The van der Waals surface area contributed by atoms with Gasteiger partial charge < -0.3 is 14.6 Å². The summed E-state index contributed by atoms with van der Waals surface area (Å²) in [5, 5.41) is 3.63. The van der Waals surface area contributed by atoms with E-state index in [0.717, 1.165) is 28.6 Å². The molecule has 0 spiro atoms. The normalized spacial score (nSPS) is 19.4. The maximum atomic E-state index is 5.51. The van der Waals surface area contributed by atoms with Gasteiger partial charge in [-0.2, -0.15) is 0 Å². The van der Waals surface area contributed by atoms with Gasteiger partial charge in [-0.25, -0.2) is 4.98 Å². The van der Waals surface area contributed by atoms with Crippen molar-refractivity contribution in [2.75, 3.05) is 25.5 Å². The van der Waals surface area contributed by atoms with Gasteiger partial charge in [0.05, 0.1) is 0 Å². The molecule has 1 unspecified atom stereocenters. The Bertz CT molecular complexity index is 584. The van der Waals surface area contributed by atoms with Crippen LogP contribution in [0.25, 0.3) is 11.1 Å². The van der Waals surface area contributed by atoms with Crippen LogP contribution in [0, 0.1) is 12.8 Å². The van der Waals surface area contributed by atoms with E-state index in [0.29, 0.717) is 6.04 Å². The molecule has 2 aromatic rings. The second-order valence-corrected chi connectivity index (χ2v) is 5.99. The second kappa shape index (κ2) is 5.44. The molecule has 20 heavy (non-hydrogen) atoms. The number of nitrogens with zero attached hydrogens (tertiary/aromatic N) is 2. The molecule has 1 N–H and O–H groups in total. The molecule has 1 saturated heterocycles. The van der Waals surface area contributed by atoms with Crippen molar-refractivity contribution in [1.29, 1.82) is 0 Å². The van der Waals surface area contributed by atoms with Gasteiger partial charge in [0.1, 0.15) is 5.52 Å². The Labute approximate surface area is 120 Å². The van der Waals surface area contributed by atoms with Crippen LogP contribution in [0.4, 0.5) is 5.69 Å². The zero-order chi connectivity index (χ0) is 14.1. The summed E-state index contributed by atoms with van der Waals surface area (Å²) in [7, 11) is 2.20. The zero-order valence-electron chi connectivity index (χ0n) is 12.5. The molecule has 0 amide bonds. The Balaban J connectivity index is 1.68. The molecule has 1 fully saturated rings. The molecule has 0 bridgehead atoms. The van der Waals surface area contributed by atoms with Crippen LogP contribution in [-0.4, -0.2) is 36.1 Å². The smallest absolute Gasteiger partial charge is 0.192 e. The second-order valence-electron chi connectivity index (χ2n) is 5.99. The highest BCUT2D eigenvalue weighted by atomic mass is 16.3. The predicted molar refractivity (Wildman–Crippen MR) is 82.1 cm³/mol. The quantitative estimate of drug-likeness (QED) is 0.932. The largest absolute Gasteiger partial charge is 0.441 e. The standard InChI is InChI=1S/C16H23N3O/c1-11(13-6-8-19(3)9-7-13)17-14-4-5-16-15(10-14)18-12(2)20-16/h4-5,10-11,13,17H,6-9H2,1-3H3. The Hall–Kier alpha value is -1.55. The lowest BCUT2D eigenvalue weighted by Crippen LogP contribution is -2.37. The number of hydrogen-bond acceptors (Lipinski definition) is 4.